The second kappa shape index (κ2) is 8.40. The first kappa shape index (κ1) is 21.1. The maximum atomic E-state index is 12.6. The number of nitrogens with zero attached hydrogens (tertiary/aromatic N) is 3. The molecule has 0 radical (unpaired) electrons. The number of aromatic nitrogens is 3. The molecule has 2 heterocycles. The van der Waals surface area contributed by atoms with E-state index in [0.29, 0.717) is 16.8 Å². The molecule has 0 unspecified atom stereocenters. The molecule has 1 aromatic carbocycles. The fraction of sp³-hybridized carbons (Fsp3) is 0.167. The molecule has 0 bridgehead atoms. The number of aliphatic hydroxyl groups is 1. The van der Waals surface area contributed by atoms with E-state index in [1.807, 2.05) is 0 Å². The average Bonchev–Trinajstić information content (AvgIpc) is 2.69. The van der Waals surface area contributed by atoms with Gasteiger partial charge in [0.15, 0.2) is 5.82 Å². The van der Waals surface area contributed by atoms with Gasteiger partial charge in [-0.3, -0.25) is 4.79 Å². The molecule has 0 saturated heterocycles. The van der Waals surface area contributed by atoms with Crippen molar-refractivity contribution in [2.45, 2.75) is 12.3 Å². The largest absolute Gasteiger partial charge is 0.417 e. The van der Waals surface area contributed by atoms with Crippen LogP contribution in [0, 0.1) is 0 Å². The Hall–Kier alpha value is -2.62. The first-order valence-electron chi connectivity index (χ1n) is 8.15. The van der Waals surface area contributed by atoms with Crippen molar-refractivity contribution < 1.29 is 18.3 Å². The van der Waals surface area contributed by atoms with Crippen LogP contribution in [0.4, 0.5) is 18.9 Å². The van der Waals surface area contributed by atoms with Gasteiger partial charge in [-0.25, -0.2) is 4.98 Å². The van der Waals surface area contributed by atoms with Crippen LogP contribution in [-0.2, 0) is 6.18 Å². The molecule has 0 aliphatic heterocycles. The topological polar surface area (TPSA) is 80.0 Å². The Morgan fingerprint density at radius 2 is 1.79 bits per heavy atom. The van der Waals surface area contributed by atoms with Crippen LogP contribution in [0.25, 0.3) is 5.82 Å². The van der Waals surface area contributed by atoms with Crippen molar-refractivity contribution >= 4 is 28.9 Å². The first-order chi connectivity index (χ1) is 13.7. The van der Waals surface area contributed by atoms with Gasteiger partial charge in [-0.05, 0) is 29.8 Å². The van der Waals surface area contributed by atoms with Crippen LogP contribution >= 0.6 is 23.2 Å². The molecule has 1 atom stereocenters. The Bertz CT molecular complexity index is 1050. The van der Waals surface area contributed by atoms with Gasteiger partial charge in [0.2, 0.25) is 0 Å². The standard InChI is InChI=1S/C18H13Cl2F3N4O2/c19-12-4-1-10(2-5-12)14(28)9-24-13-8-26-27(17(29)16(13)20)15-6-3-11(7-25-15)18(21,22)23/h1-8,14,24,28H,9H2/t14-/m0/s1. The van der Waals surface area contributed by atoms with E-state index in [1.54, 1.807) is 24.3 Å². The van der Waals surface area contributed by atoms with Crippen LogP contribution < -0.4 is 10.9 Å². The highest BCUT2D eigenvalue weighted by Crippen LogP contribution is 2.28. The second-order valence-electron chi connectivity index (χ2n) is 5.94. The lowest BCUT2D eigenvalue weighted by atomic mass is 10.1. The van der Waals surface area contributed by atoms with Gasteiger partial charge in [0.05, 0.1) is 23.6 Å². The third-order valence-electron chi connectivity index (χ3n) is 3.95. The third kappa shape index (κ3) is 4.87. The number of nitrogens with one attached hydrogen (secondary N) is 1. The van der Waals surface area contributed by atoms with Crippen molar-refractivity contribution in [1.29, 1.82) is 0 Å². The highest BCUT2D eigenvalue weighted by atomic mass is 35.5. The fourth-order valence-electron chi connectivity index (χ4n) is 2.41. The van der Waals surface area contributed by atoms with Crippen molar-refractivity contribution in [3.63, 3.8) is 0 Å². The molecule has 0 spiro atoms. The maximum Gasteiger partial charge on any atom is 0.417 e. The van der Waals surface area contributed by atoms with E-state index < -0.39 is 23.4 Å². The molecule has 0 aliphatic carbocycles. The lowest BCUT2D eigenvalue weighted by Gasteiger charge is -2.14. The first-order valence-corrected chi connectivity index (χ1v) is 8.91. The molecule has 152 valence electrons. The van der Waals surface area contributed by atoms with E-state index in [9.17, 15) is 23.1 Å². The normalized spacial score (nSPS) is 12.6. The quantitative estimate of drug-likeness (QED) is 0.619. The van der Waals surface area contributed by atoms with E-state index in [2.05, 4.69) is 15.4 Å². The van der Waals surface area contributed by atoms with Crippen LogP contribution in [0.15, 0.2) is 53.6 Å². The molecule has 2 aromatic heterocycles. The van der Waals surface area contributed by atoms with E-state index >= 15 is 0 Å². The molecule has 2 N–H and O–H groups in total. The maximum absolute atomic E-state index is 12.6. The van der Waals surface area contributed by atoms with E-state index in [4.69, 9.17) is 23.2 Å². The summed E-state index contributed by atoms with van der Waals surface area (Å²) < 4.78 is 38.7. The Morgan fingerprint density at radius 3 is 2.38 bits per heavy atom. The van der Waals surface area contributed by atoms with Gasteiger partial charge >= 0.3 is 6.18 Å². The summed E-state index contributed by atoms with van der Waals surface area (Å²) in [5, 5.41) is 17.2. The zero-order valence-corrected chi connectivity index (χ0v) is 16.0. The van der Waals surface area contributed by atoms with Crippen molar-refractivity contribution in [3.8, 4) is 5.82 Å². The summed E-state index contributed by atoms with van der Waals surface area (Å²) in [5.41, 5.74) is -0.958. The Balaban J connectivity index is 1.77. The van der Waals surface area contributed by atoms with Crippen LogP contribution in [0.5, 0.6) is 0 Å². The van der Waals surface area contributed by atoms with Crippen LogP contribution in [0.1, 0.15) is 17.2 Å². The third-order valence-corrected chi connectivity index (χ3v) is 4.57. The molecule has 0 fully saturated rings. The summed E-state index contributed by atoms with van der Waals surface area (Å²) in [7, 11) is 0. The average molecular weight is 445 g/mol. The van der Waals surface area contributed by atoms with Gasteiger partial charge in [0.25, 0.3) is 5.56 Å². The zero-order chi connectivity index (χ0) is 21.2. The van der Waals surface area contributed by atoms with Crippen LogP contribution in [0.2, 0.25) is 10.0 Å². The number of alkyl halides is 3. The molecule has 3 aromatic rings. The van der Waals surface area contributed by atoms with Crippen molar-refractivity contribution in [1.82, 2.24) is 14.8 Å². The number of benzene rings is 1. The minimum absolute atomic E-state index is 0.0328. The fourth-order valence-corrected chi connectivity index (χ4v) is 2.73. The summed E-state index contributed by atoms with van der Waals surface area (Å²) >= 11 is 11.9. The number of aliphatic hydroxyl groups excluding tert-OH is 1. The highest BCUT2D eigenvalue weighted by Gasteiger charge is 2.30. The second-order valence-corrected chi connectivity index (χ2v) is 6.75. The molecule has 0 aliphatic rings. The number of anilines is 1. The lowest BCUT2D eigenvalue weighted by Crippen LogP contribution is -2.24. The van der Waals surface area contributed by atoms with Gasteiger partial charge < -0.3 is 10.4 Å². The lowest BCUT2D eigenvalue weighted by molar-refractivity contribution is -0.137. The SMILES string of the molecule is O=c1c(Cl)c(NC[C@H](O)c2ccc(Cl)cc2)cnn1-c1ccc(C(F)(F)F)cn1. The monoisotopic (exact) mass is 444 g/mol. The van der Waals surface area contributed by atoms with Crippen molar-refractivity contribution in [2.75, 3.05) is 11.9 Å². The van der Waals surface area contributed by atoms with E-state index in [0.717, 1.165) is 16.8 Å². The summed E-state index contributed by atoms with van der Waals surface area (Å²) in [4.78, 5) is 16.0. The van der Waals surface area contributed by atoms with E-state index in [-0.39, 0.29) is 23.1 Å². The minimum atomic E-state index is -4.54. The van der Waals surface area contributed by atoms with Gasteiger partial charge in [-0.2, -0.15) is 23.0 Å². The van der Waals surface area contributed by atoms with Crippen LogP contribution in [0.3, 0.4) is 0 Å². The number of hydrogen-bond donors (Lipinski definition) is 2. The van der Waals surface area contributed by atoms with Crippen molar-refractivity contribution in [3.05, 3.63) is 80.3 Å². The van der Waals surface area contributed by atoms with Gasteiger partial charge in [-0.1, -0.05) is 35.3 Å². The van der Waals surface area contributed by atoms with Gasteiger partial charge in [-0.15, -0.1) is 0 Å². The Kier molecular flexibility index (Phi) is 6.11. The smallest absolute Gasteiger partial charge is 0.387 e. The molecule has 11 heteroatoms. The summed E-state index contributed by atoms with van der Waals surface area (Å²) in [6, 6.07) is 8.38. The molecular weight excluding hydrogens is 432 g/mol. The van der Waals surface area contributed by atoms with E-state index in [1.165, 1.54) is 6.20 Å². The molecule has 29 heavy (non-hydrogen) atoms. The van der Waals surface area contributed by atoms with Gasteiger partial charge in [0.1, 0.15) is 5.02 Å². The van der Waals surface area contributed by atoms with Crippen LogP contribution in [-0.4, -0.2) is 26.4 Å². The summed E-state index contributed by atoms with van der Waals surface area (Å²) in [6.45, 7) is 0.0328. The zero-order valence-electron chi connectivity index (χ0n) is 14.5. The predicted molar refractivity (Wildman–Crippen MR) is 103 cm³/mol. The summed E-state index contributed by atoms with van der Waals surface area (Å²) in [5.74, 6) is -0.113. The molecular formula is C18H13Cl2F3N4O2. The Labute approximate surface area is 172 Å². The highest BCUT2D eigenvalue weighted by molar-refractivity contribution is 6.33. The molecule has 0 saturated carbocycles. The predicted octanol–water partition coefficient (Wildman–Crippen LogP) is 4.10. The molecule has 6 nitrogen and oxygen atoms in total. The molecule has 3 rings (SSSR count). The number of pyridine rings is 1. The number of halogens is 5. The summed E-state index contributed by atoms with van der Waals surface area (Å²) in [6.07, 6.45) is -3.62. The number of hydrogen-bond acceptors (Lipinski definition) is 5. The minimum Gasteiger partial charge on any atom is -0.387 e. The Morgan fingerprint density at radius 1 is 1.10 bits per heavy atom. The number of rotatable bonds is 5. The molecule has 0 amide bonds. The van der Waals surface area contributed by atoms with Crippen molar-refractivity contribution in [2.24, 2.45) is 0 Å². The van der Waals surface area contributed by atoms with Gasteiger partial charge in [0, 0.05) is 17.8 Å².